The Bertz CT molecular complexity index is 302. The second kappa shape index (κ2) is 3.94. The normalized spacial score (nSPS) is 52.1. The van der Waals surface area contributed by atoms with Crippen molar-refractivity contribution < 1.29 is 14.2 Å². The first-order chi connectivity index (χ1) is 8.05. The van der Waals surface area contributed by atoms with Gasteiger partial charge in [-0.3, -0.25) is 0 Å². The average Bonchev–Trinajstić information content (AvgIpc) is 3.09. The number of epoxide rings is 1. The van der Waals surface area contributed by atoms with E-state index in [1.807, 2.05) is 0 Å². The minimum absolute atomic E-state index is 0.0473. The Morgan fingerprint density at radius 3 is 2.71 bits per heavy atom. The topological polar surface area (TPSA) is 31.0 Å². The van der Waals surface area contributed by atoms with Crippen LogP contribution in [0.5, 0.6) is 0 Å². The van der Waals surface area contributed by atoms with Crippen LogP contribution in [0.15, 0.2) is 0 Å². The van der Waals surface area contributed by atoms with Crippen molar-refractivity contribution in [3.63, 3.8) is 0 Å². The second-order valence-corrected chi connectivity index (χ2v) is 6.58. The molecule has 17 heavy (non-hydrogen) atoms. The molecule has 0 aromatic heterocycles. The Morgan fingerprint density at radius 1 is 1.35 bits per heavy atom. The third-order valence-electron chi connectivity index (χ3n) is 5.41. The van der Waals surface area contributed by atoms with E-state index in [1.165, 1.54) is 6.42 Å². The van der Waals surface area contributed by atoms with E-state index in [9.17, 15) is 0 Å². The Kier molecular flexibility index (Phi) is 2.77. The van der Waals surface area contributed by atoms with Crippen molar-refractivity contribution in [2.75, 3.05) is 26.4 Å². The smallest absolute Gasteiger partial charge is 0.104 e. The molecule has 0 N–H and O–H groups in total. The largest absolute Gasteiger partial charge is 0.379 e. The Balaban J connectivity index is 1.48. The van der Waals surface area contributed by atoms with Gasteiger partial charge in [-0.05, 0) is 37.0 Å². The zero-order valence-corrected chi connectivity index (χ0v) is 11.2. The summed E-state index contributed by atoms with van der Waals surface area (Å²) in [5.74, 6) is 1.54. The first-order valence-electron chi connectivity index (χ1n) is 6.88. The fraction of sp³-hybridized carbons (Fsp3) is 1.00. The second-order valence-electron chi connectivity index (χ2n) is 6.58. The Labute approximate surface area is 104 Å². The number of hydrogen-bond donors (Lipinski definition) is 0. The highest BCUT2D eigenvalue weighted by Crippen LogP contribution is 2.62. The fourth-order valence-electron chi connectivity index (χ4n) is 3.59. The molecule has 2 aliphatic heterocycles. The van der Waals surface area contributed by atoms with Gasteiger partial charge in [-0.15, -0.1) is 0 Å². The zero-order valence-electron chi connectivity index (χ0n) is 11.2. The first kappa shape index (κ1) is 11.9. The van der Waals surface area contributed by atoms with E-state index < -0.39 is 0 Å². The molecule has 3 aliphatic rings. The summed E-state index contributed by atoms with van der Waals surface area (Å²) >= 11 is 0. The van der Waals surface area contributed by atoms with Crippen LogP contribution in [0.2, 0.25) is 0 Å². The van der Waals surface area contributed by atoms with Gasteiger partial charge in [0.1, 0.15) is 6.10 Å². The SMILES string of the molecule is CC1CC2C(C)(CCOCC3CO3)OCC12C. The number of rotatable bonds is 5. The lowest BCUT2D eigenvalue weighted by molar-refractivity contribution is -0.0591. The Hall–Kier alpha value is -0.120. The summed E-state index contributed by atoms with van der Waals surface area (Å²) in [5, 5.41) is 0. The molecule has 5 unspecified atom stereocenters. The molecule has 0 radical (unpaired) electrons. The van der Waals surface area contributed by atoms with Crippen molar-refractivity contribution >= 4 is 0 Å². The van der Waals surface area contributed by atoms with Gasteiger partial charge in [-0.2, -0.15) is 0 Å². The minimum atomic E-state index is 0.0473. The third-order valence-corrected chi connectivity index (χ3v) is 5.41. The lowest BCUT2D eigenvalue weighted by Gasteiger charge is -2.51. The molecule has 3 rings (SSSR count). The summed E-state index contributed by atoms with van der Waals surface area (Å²) < 4.78 is 16.9. The maximum Gasteiger partial charge on any atom is 0.104 e. The molecule has 2 heterocycles. The predicted octanol–water partition coefficient (Wildman–Crippen LogP) is 2.24. The molecular formula is C14H24O3. The van der Waals surface area contributed by atoms with Crippen LogP contribution in [-0.4, -0.2) is 38.1 Å². The van der Waals surface area contributed by atoms with Gasteiger partial charge in [-0.1, -0.05) is 13.8 Å². The molecule has 0 aromatic rings. The van der Waals surface area contributed by atoms with Gasteiger partial charge in [0.15, 0.2) is 0 Å². The van der Waals surface area contributed by atoms with Crippen molar-refractivity contribution in [3.05, 3.63) is 0 Å². The highest BCUT2D eigenvalue weighted by molar-refractivity contribution is 5.10. The van der Waals surface area contributed by atoms with Crippen LogP contribution in [-0.2, 0) is 14.2 Å². The number of fused-ring (bicyclic) bond motifs is 1. The lowest BCUT2D eigenvalue weighted by atomic mass is 9.51. The van der Waals surface area contributed by atoms with Crippen LogP contribution in [0, 0.1) is 17.3 Å². The summed E-state index contributed by atoms with van der Waals surface area (Å²) in [7, 11) is 0. The van der Waals surface area contributed by atoms with Gasteiger partial charge in [-0.25, -0.2) is 0 Å². The molecule has 3 nitrogen and oxygen atoms in total. The van der Waals surface area contributed by atoms with Crippen LogP contribution in [0.1, 0.15) is 33.6 Å². The molecule has 2 saturated heterocycles. The van der Waals surface area contributed by atoms with Crippen molar-refractivity contribution in [2.45, 2.75) is 45.3 Å². The maximum atomic E-state index is 6.11. The van der Waals surface area contributed by atoms with E-state index in [4.69, 9.17) is 14.2 Å². The summed E-state index contributed by atoms with van der Waals surface area (Å²) in [6.07, 6.45) is 2.71. The van der Waals surface area contributed by atoms with Gasteiger partial charge in [0, 0.05) is 6.61 Å². The van der Waals surface area contributed by atoms with Crippen molar-refractivity contribution in [1.82, 2.24) is 0 Å². The van der Waals surface area contributed by atoms with E-state index in [0.717, 1.165) is 44.7 Å². The van der Waals surface area contributed by atoms with Crippen molar-refractivity contribution in [1.29, 1.82) is 0 Å². The zero-order chi connectivity index (χ0) is 12.1. The quantitative estimate of drug-likeness (QED) is 0.545. The van der Waals surface area contributed by atoms with Gasteiger partial charge < -0.3 is 14.2 Å². The van der Waals surface area contributed by atoms with Gasteiger partial charge in [0.05, 0.1) is 25.4 Å². The van der Waals surface area contributed by atoms with Gasteiger partial charge in [0.25, 0.3) is 0 Å². The molecule has 1 saturated carbocycles. The standard InChI is InChI=1S/C14H24O3/c1-10-6-12-13(10,2)9-17-14(12,3)4-5-15-7-11-8-16-11/h10-12H,4-9H2,1-3H3. The van der Waals surface area contributed by atoms with Crippen molar-refractivity contribution in [2.24, 2.45) is 17.3 Å². The summed E-state index contributed by atoms with van der Waals surface area (Å²) in [6, 6.07) is 0. The molecule has 5 atom stereocenters. The molecule has 0 amide bonds. The van der Waals surface area contributed by atoms with Gasteiger partial charge >= 0.3 is 0 Å². The maximum absolute atomic E-state index is 6.11. The molecule has 3 heteroatoms. The van der Waals surface area contributed by atoms with E-state index in [2.05, 4.69) is 20.8 Å². The molecule has 1 aliphatic carbocycles. The van der Waals surface area contributed by atoms with E-state index in [0.29, 0.717) is 11.5 Å². The summed E-state index contributed by atoms with van der Waals surface area (Å²) in [4.78, 5) is 0. The molecular weight excluding hydrogens is 216 g/mol. The highest BCUT2D eigenvalue weighted by atomic mass is 16.6. The van der Waals surface area contributed by atoms with E-state index in [-0.39, 0.29) is 5.60 Å². The van der Waals surface area contributed by atoms with E-state index >= 15 is 0 Å². The Morgan fingerprint density at radius 2 is 2.12 bits per heavy atom. The molecule has 98 valence electrons. The third kappa shape index (κ3) is 1.92. The highest BCUT2D eigenvalue weighted by Gasteiger charge is 2.62. The van der Waals surface area contributed by atoms with Crippen molar-refractivity contribution in [3.8, 4) is 0 Å². The molecule has 0 aromatic carbocycles. The van der Waals surface area contributed by atoms with Crippen LogP contribution in [0.3, 0.4) is 0 Å². The predicted molar refractivity (Wildman–Crippen MR) is 64.9 cm³/mol. The number of ether oxygens (including phenoxy) is 3. The lowest BCUT2D eigenvalue weighted by Crippen LogP contribution is -2.51. The van der Waals surface area contributed by atoms with Crippen LogP contribution in [0.4, 0.5) is 0 Å². The summed E-state index contributed by atoms with van der Waals surface area (Å²) in [5.41, 5.74) is 0.472. The monoisotopic (exact) mass is 240 g/mol. The fourth-order valence-corrected chi connectivity index (χ4v) is 3.59. The van der Waals surface area contributed by atoms with Gasteiger partial charge in [0.2, 0.25) is 0 Å². The van der Waals surface area contributed by atoms with E-state index in [1.54, 1.807) is 0 Å². The first-order valence-corrected chi connectivity index (χ1v) is 6.88. The molecule has 0 bridgehead atoms. The number of hydrogen-bond acceptors (Lipinski definition) is 3. The summed E-state index contributed by atoms with van der Waals surface area (Å²) in [6.45, 7) is 10.4. The minimum Gasteiger partial charge on any atom is -0.379 e. The van der Waals surface area contributed by atoms with Crippen LogP contribution >= 0.6 is 0 Å². The van der Waals surface area contributed by atoms with Crippen LogP contribution < -0.4 is 0 Å². The molecule has 3 fully saturated rings. The molecule has 0 spiro atoms. The average molecular weight is 240 g/mol. The van der Waals surface area contributed by atoms with Crippen LogP contribution in [0.25, 0.3) is 0 Å².